The summed E-state index contributed by atoms with van der Waals surface area (Å²) in [6.45, 7) is 5.15. The molecule has 1 heterocycles. The molecule has 2 N–H and O–H groups in total. The van der Waals surface area contributed by atoms with E-state index in [0.717, 1.165) is 0 Å². The third-order valence-electron chi connectivity index (χ3n) is 2.87. The molecule has 0 radical (unpaired) electrons. The first-order valence-electron chi connectivity index (χ1n) is 5.92. The van der Waals surface area contributed by atoms with Crippen molar-refractivity contribution in [2.75, 3.05) is 32.8 Å². The first-order chi connectivity index (χ1) is 8.45. The van der Waals surface area contributed by atoms with Crippen molar-refractivity contribution in [1.82, 2.24) is 9.80 Å². The average molecular weight is 273 g/mol. The molecule has 6 nitrogen and oxygen atoms in total. The SMILES string of the molecule is CCN1CC(=O)N(CCOC(C)C(N)=S)CC1=O. The lowest BCUT2D eigenvalue weighted by Crippen LogP contribution is -2.54. The number of thiocarbonyl (C=S) groups is 1. The fraction of sp³-hybridized carbons (Fsp3) is 0.727. The molecule has 1 aliphatic heterocycles. The van der Waals surface area contributed by atoms with Gasteiger partial charge < -0.3 is 20.3 Å². The molecule has 1 rings (SSSR count). The molecule has 0 aromatic carbocycles. The van der Waals surface area contributed by atoms with Crippen molar-refractivity contribution >= 4 is 29.0 Å². The van der Waals surface area contributed by atoms with Crippen LogP contribution in [0.15, 0.2) is 0 Å². The molecule has 102 valence electrons. The number of hydrogen-bond acceptors (Lipinski definition) is 4. The molecule has 0 aromatic rings. The van der Waals surface area contributed by atoms with Crippen LogP contribution in [0.1, 0.15) is 13.8 Å². The van der Waals surface area contributed by atoms with Crippen molar-refractivity contribution in [3.05, 3.63) is 0 Å². The summed E-state index contributed by atoms with van der Waals surface area (Å²) in [7, 11) is 0. The van der Waals surface area contributed by atoms with E-state index in [1.165, 1.54) is 9.80 Å². The Kier molecular flexibility index (Phi) is 5.49. The van der Waals surface area contributed by atoms with Gasteiger partial charge in [0.1, 0.15) is 11.1 Å². The molecular formula is C11H19N3O3S. The predicted molar refractivity (Wildman–Crippen MR) is 71.0 cm³/mol. The van der Waals surface area contributed by atoms with Crippen LogP contribution in [0.4, 0.5) is 0 Å². The Hall–Kier alpha value is -1.21. The second-order valence-electron chi connectivity index (χ2n) is 4.14. The molecule has 1 fully saturated rings. The number of carbonyl (C=O) groups is 2. The number of ether oxygens (including phenoxy) is 1. The van der Waals surface area contributed by atoms with Gasteiger partial charge in [0.15, 0.2) is 0 Å². The van der Waals surface area contributed by atoms with Crippen molar-refractivity contribution in [1.29, 1.82) is 0 Å². The van der Waals surface area contributed by atoms with E-state index >= 15 is 0 Å². The molecule has 1 saturated heterocycles. The molecule has 1 unspecified atom stereocenters. The zero-order valence-corrected chi connectivity index (χ0v) is 11.5. The lowest BCUT2D eigenvalue weighted by atomic mass is 10.3. The lowest BCUT2D eigenvalue weighted by Gasteiger charge is -2.33. The molecular weight excluding hydrogens is 254 g/mol. The van der Waals surface area contributed by atoms with Gasteiger partial charge >= 0.3 is 0 Å². The molecule has 1 atom stereocenters. The second-order valence-corrected chi connectivity index (χ2v) is 4.61. The standard InChI is InChI=1S/C11H19N3O3S/c1-3-13-6-10(16)14(7-9(13)15)4-5-17-8(2)11(12)18/h8H,3-7H2,1-2H3,(H2,12,18). The topological polar surface area (TPSA) is 75.9 Å². The third kappa shape index (κ3) is 3.92. The first kappa shape index (κ1) is 14.8. The molecule has 1 aliphatic rings. The zero-order valence-electron chi connectivity index (χ0n) is 10.7. The molecule has 0 bridgehead atoms. The van der Waals surface area contributed by atoms with Gasteiger partial charge in [-0.1, -0.05) is 12.2 Å². The molecule has 7 heteroatoms. The number of rotatable bonds is 6. The molecule has 18 heavy (non-hydrogen) atoms. The average Bonchev–Trinajstić information content (AvgIpc) is 2.32. The van der Waals surface area contributed by atoms with Gasteiger partial charge in [-0.3, -0.25) is 9.59 Å². The molecule has 0 saturated carbocycles. The summed E-state index contributed by atoms with van der Waals surface area (Å²) >= 11 is 4.77. The van der Waals surface area contributed by atoms with E-state index in [1.807, 2.05) is 6.92 Å². The van der Waals surface area contributed by atoms with Gasteiger partial charge in [-0.05, 0) is 13.8 Å². The van der Waals surface area contributed by atoms with Crippen LogP contribution in [-0.2, 0) is 14.3 Å². The molecule has 0 aliphatic carbocycles. The lowest BCUT2D eigenvalue weighted by molar-refractivity contribution is -0.150. The zero-order chi connectivity index (χ0) is 13.7. The summed E-state index contributed by atoms with van der Waals surface area (Å²) in [5, 5.41) is 0. The van der Waals surface area contributed by atoms with Gasteiger partial charge in [0.05, 0.1) is 19.7 Å². The molecule has 0 spiro atoms. The summed E-state index contributed by atoms with van der Waals surface area (Å²) < 4.78 is 5.36. The van der Waals surface area contributed by atoms with Gasteiger partial charge in [0, 0.05) is 13.1 Å². The Bertz CT molecular complexity index is 348. The monoisotopic (exact) mass is 273 g/mol. The van der Waals surface area contributed by atoms with Crippen molar-refractivity contribution < 1.29 is 14.3 Å². The third-order valence-corrected chi connectivity index (χ3v) is 3.20. The number of nitrogens with zero attached hydrogens (tertiary/aromatic N) is 2. The predicted octanol–water partition coefficient (Wildman–Crippen LogP) is -0.632. The van der Waals surface area contributed by atoms with E-state index in [1.54, 1.807) is 6.92 Å². The minimum Gasteiger partial charge on any atom is -0.391 e. The van der Waals surface area contributed by atoms with E-state index in [2.05, 4.69) is 0 Å². The highest BCUT2D eigenvalue weighted by Crippen LogP contribution is 2.04. The highest BCUT2D eigenvalue weighted by atomic mass is 32.1. The first-order valence-corrected chi connectivity index (χ1v) is 6.33. The van der Waals surface area contributed by atoms with Crippen LogP contribution in [0.3, 0.4) is 0 Å². The van der Waals surface area contributed by atoms with Crippen molar-refractivity contribution in [3.63, 3.8) is 0 Å². The second kappa shape index (κ2) is 6.65. The number of hydrogen-bond donors (Lipinski definition) is 1. The van der Waals surface area contributed by atoms with Gasteiger partial charge in [-0.25, -0.2) is 0 Å². The van der Waals surface area contributed by atoms with Crippen LogP contribution in [-0.4, -0.2) is 65.5 Å². The highest BCUT2D eigenvalue weighted by Gasteiger charge is 2.28. The van der Waals surface area contributed by atoms with Gasteiger partial charge in [0.2, 0.25) is 11.8 Å². The maximum Gasteiger partial charge on any atom is 0.242 e. The summed E-state index contributed by atoms with van der Waals surface area (Å²) in [5.74, 6) is -0.0810. The quantitative estimate of drug-likeness (QED) is 0.652. The molecule has 0 aromatic heterocycles. The fourth-order valence-corrected chi connectivity index (χ4v) is 1.68. The maximum atomic E-state index is 11.7. The van der Waals surface area contributed by atoms with Crippen LogP contribution in [0.5, 0.6) is 0 Å². The van der Waals surface area contributed by atoms with E-state index < -0.39 is 0 Å². The van der Waals surface area contributed by atoms with Crippen LogP contribution in [0.25, 0.3) is 0 Å². The smallest absolute Gasteiger partial charge is 0.242 e. The van der Waals surface area contributed by atoms with E-state index in [4.69, 9.17) is 22.7 Å². The van der Waals surface area contributed by atoms with E-state index in [-0.39, 0.29) is 36.0 Å². The molecule has 2 amide bonds. The van der Waals surface area contributed by atoms with Crippen LogP contribution >= 0.6 is 12.2 Å². The largest absolute Gasteiger partial charge is 0.391 e. The van der Waals surface area contributed by atoms with Gasteiger partial charge in [-0.15, -0.1) is 0 Å². The van der Waals surface area contributed by atoms with Crippen molar-refractivity contribution in [2.24, 2.45) is 5.73 Å². The summed E-state index contributed by atoms with van der Waals surface area (Å²) in [6, 6.07) is 0. The fourth-order valence-electron chi connectivity index (χ4n) is 1.62. The Morgan fingerprint density at radius 2 is 1.94 bits per heavy atom. The van der Waals surface area contributed by atoms with Crippen LogP contribution in [0, 0.1) is 0 Å². The number of nitrogens with two attached hydrogens (primary N) is 1. The van der Waals surface area contributed by atoms with Gasteiger partial charge in [-0.2, -0.15) is 0 Å². The Morgan fingerprint density at radius 1 is 1.39 bits per heavy atom. The minimum atomic E-state index is -0.317. The van der Waals surface area contributed by atoms with E-state index in [9.17, 15) is 9.59 Å². The maximum absolute atomic E-state index is 11.7. The van der Waals surface area contributed by atoms with E-state index in [0.29, 0.717) is 19.7 Å². The van der Waals surface area contributed by atoms with Crippen molar-refractivity contribution in [2.45, 2.75) is 20.0 Å². The Labute approximate surface area is 112 Å². The summed E-state index contributed by atoms with van der Waals surface area (Å²) in [6.07, 6.45) is -0.317. The summed E-state index contributed by atoms with van der Waals surface area (Å²) in [5.41, 5.74) is 5.41. The van der Waals surface area contributed by atoms with Crippen molar-refractivity contribution in [3.8, 4) is 0 Å². The van der Waals surface area contributed by atoms with Crippen LogP contribution in [0.2, 0.25) is 0 Å². The number of piperazine rings is 1. The summed E-state index contributed by atoms with van der Waals surface area (Å²) in [4.78, 5) is 26.7. The Balaban J connectivity index is 2.37. The number of amides is 2. The normalized spacial score (nSPS) is 18.1. The highest BCUT2D eigenvalue weighted by molar-refractivity contribution is 7.80. The van der Waals surface area contributed by atoms with Crippen LogP contribution < -0.4 is 5.73 Å². The number of carbonyl (C=O) groups excluding carboxylic acids is 2. The number of likely N-dealkylation sites (N-methyl/N-ethyl adjacent to an activating group) is 1. The minimum absolute atomic E-state index is 0.0282. The van der Waals surface area contributed by atoms with Gasteiger partial charge in [0.25, 0.3) is 0 Å². The Morgan fingerprint density at radius 3 is 2.50 bits per heavy atom.